The van der Waals surface area contributed by atoms with E-state index in [1.165, 1.54) is 16.4 Å². The Kier molecular flexibility index (Phi) is 3.46. The van der Waals surface area contributed by atoms with E-state index in [1.807, 2.05) is 0 Å². The smallest absolute Gasteiger partial charge is 0.311 e. The maximum absolute atomic E-state index is 12.6. The van der Waals surface area contributed by atoms with E-state index in [9.17, 15) is 13.2 Å². The van der Waals surface area contributed by atoms with Crippen LogP contribution in [0.1, 0.15) is 5.56 Å². The van der Waals surface area contributed by atoms with Crippen molar-refractivity contribution in [3.05, 3.63) is 35.9 Å². The monoisotopic (exact) mass is 309 g/mol. The summed E-state index contributed by atoms with van der Waals surface area (Å²) in [5.74, 6) is -1.10. The molecular formula is C14H15NO5S. The Morgan fingerprint density at radius 3 is 2.95 bits per heavy atom. The summed E-state index contributed by atoms with van der Waals surface area (Å²) in [5.41, 5.74) is 0.874. The second kappa shape index (κ2) is 5.16. The van der Waals surface area contributed by atoms with E-state index in [0.717, 1.165) is 11.3 Å². The molecule has 0 radical (unpaired) electrons. The van der Waals surface area contributed by atoms with Gasteiger partial charge in [-0.1, -0.05) is 12.2 Å². The van der Waals surface area contributed by atoms with Crippen molar-refractivity contribution in [3.8, 4) is 5.75 Å². The molecule has 0 aromatic heterocycles. The van der Waals surface area contributed by atoms with E-state index >= 15 is 0 Å². The summed E-state index contributed by atoms with van der Waals surface area (Å²) in [6.07, 6.45) is 3.80. The summed E-state index contributed by atoms with van der Waals surface area (Å²) < 4.78 is 31.8. The third-order valence-corrected chi connectivity index (χ3v) is 5.52. The molecule has 0 bridgehead atoms. The summed E-state index contributed by atoms with van der Waals surface area (Å²) in [4.78, 5) is 11.2. The number of fused-ring (bicyclic) bond motifs is 1. The van der Waals surface area contributed by atoms with Gasteiger partial charge in [-0.3, -0.25) is 4.79 Å². The lowest BCUT2D eigenvalue weighted by molar-refractivity contribution is -0.140. The van der Waals surface area contributed by atoms with Crippen LogP contribution in [0.2, 0.25) is 0 Å². The molecule has 0 spiro atoms. The Bertz CT molecular complexity index is 710. The number of aliphatic carboxylic acids is 1. The van der Waals surface area contributed by atoms with Crippen molar-refractivity contribution in [2.45, 2.75) is 11.3 Å². The van der Waals surface area contributed by atoms with Crippen LogP contribution < -0.4 is 4.74 Å². The van der Waals surface area contributed by atoms with Crippen LogP contribution in [-0.2, 0) is 21.2 Å². The molecule has 6 nitrogen and oxygen atoms in total. The normalized spacial score (nSPS) is 21.8. The highest BCUT2D eigenvalue weighted by atomic mass is 32.2. The quantitative estimate of drug-likeness (QED) is 0.838. The maximum atomic E-state index is 12.6. The molecule has 2 aliphatic rings. The number of ether oxygens (including phenoxy) is 1. The number of nitrogens with zero attached hydrogens (tertiary/aromatic N) is 1. The van der Waals surface area contributed by atoms with Crippen LogP contribution in [0.25, 0.3) is 0 Å². The standard InChI is InChI=1S/C14H15NO5S/c16-14(17)11-2-1-6-15(9-11)21(18,19)12-3-4-13-10(8-12)5-7-20-13/h1-4,8,11H,5-7,9H2,(H,16,17). The van der Waals surface area contributed by atoms with Crippen LogP contribution in [0.5, 0.6) is 5.75 Å². The van der Waals surface area contributed by atoms with Crippen LogP contribution in [0.3, 0.4) is 0 Å². The Morgan fingerprint density at radius 1 is 1.38 bits per heavy atom. The van der Waals surface area contributed by atoms with Crippen molar-refractivity contribution in [1.82, 2.24) is 4.31 Å². The molecule has 0 fully saturated rings. The molecule has 3 rings (SSSR count). The summed E-state index contributed by atoms with van der Waals surface area (Å²) in [6.45, 7) is 0.716. The zero-order valence-corrected chi connectivity index (χ0v) is 12.0. The van der Waals surface area contributed by atoms with Gasteiger partial charge in [0, 0.05) is 19.5 Å². The van der Waals surface area contributed by atoms with Gasteiger partial charge in [-0.2, -0.15) is 4.31 Å². The van der Waals surface area contributed by atoms with Crippen LogP contribution in [0.15, 0.2) is 35.2 Å². The van der Waals surface area contributed by atoms with E-state index in [2.05, 4.69) is 0 Å². The summed E-state index contributed by atoms with van der Waals surface area (Å²) in [7, 11) is -3.69. The topological polar surface area (TPSA) is 83.9 Å². The highest BCUT2D eigenvalue weighted by Crippen LogP contribution is 2.29. The van der Waals surface area contributed by atoms with Gasteiger partial charge < -0.3 is 9.84 Å². The minimum absolute atomic E-state index is 0.0399. The van der Waals surface area contributed by atoms with Crippen molar-refractivity contribution in [3.63, 3.8) is 0 Å². The van der Waals surface area contributed by atoms with Crippen molar-refractivity contribution in [2.24, 2.45) is 5.92 Å². The summed E-state index contributed by atoms with van der Waals surface area (Å²) in [5, 5.41) is 9.03. The predicted molar refractivity (Wildman–Crippen MR) is 74.7 cm³/mol. The lowest BCUT2D eigenvalue weighted by Crippen LogP contribution is -2.39. The highest BCUT2D eigenvalue weighted by molar-refractivity contribution is 7.89. The first kappa shape index (κ1) is 14.1. The number of rotatable bonds is 3. The molecule has 2 aliphatic heterocycles. The van der Waals surface area contributed by atoms with Crippen molar-refractivity contribution < 1.29 is 23.1 Å². The molecule has 1 N–H and O–H groups in total. The van der Waals surface area contributed by atoms with Gasteiger partial charge in [0.25, 0.3) is 0 Å². The zero-order chi connectivity index (χ0) is 15.0. The molecule has 0 saturated heterocycles. The Hall–Kier alpha value is -1.86. The average molecular weight is 309 g/mol. The van der Waals surface area contributed by atoms with E-state index in [-0.39, 0.29) is 18.0 Å². The van der Waals surface area contributed by atoms with Crippen LogP contribution in [0.4, 0.5) is 0 Å². The van der Waals surface area contributed by atoms with Gasteiger partial charge in [-0.25, -0.2) is 8.42 Å². The van der Waals surface area contributed by atoms with Gasteiger partial charge in [0.1, 0.15) is 5.75 Å². The molecule has 0 aliphatic carbocycles. The maximum Gasteiger partial charge on any atom is 0.311 e. The van der Waals surface area contributed by atoms with E-state index < -0.39 is 21.9 Å². The largest absolute Gasteiger partial charge is 0.493 e. The Labute approximate surface area is 122 Å². The summed E-state index contributed by atoms with van der Waals surface area (Å²) in [6, 6.07) is 4.78. The summed E-state index contributed by atoms with van der Waals surface area (Å²) >= 11 is 0. The molecule has 0 saturated carbocycles. The molecule has 1 unspecified atom stereocenters. The van der Waals surface area contributed by atoms with Gasteiger partial charge >= 0.3 is 5.97 Å². The molecule has 0 amide bonds. The van der Waals surface area contributed by atoms with Crippen LogP contribution in [-0.4, -0.2) is 43.5 Å². The molecular weight excluding hydrogens is 294 g/mol. The fraction of sp³-hybridized carbons (Fsp3) is 0.357. The zero-order valence-electron chi connectivity index (χ0n) is 11.2. The predicted octanol–water partition coefficient (Wildman–Crippen LogP) is 0.883. The van der Waals surface area contributed by atoms with Gasteiger partial charge in [0.2, 0.25) is 10.0 Å². The first-order valence-corrected chi connectivity index (χ1v) is 8.08. The van der Waals surface area contributed by atoms with E-state index in [4.69, 9.17) is 9.84 Å². The van der Waals surface area contributed by atoms with Gasteiger partial charge in [0.05, 0.1) is 17.4 Å². The number of carboxylic acids is 1. The van der Waals surface area contributed by atoms with Gasteiger partial charge in [-0.15, -0.1) is 0 Å². The minimum atomic E-state index is -3.69. The number of benzene rings is 1. The van der Waals surface area contributed by atoms with Crippen molar-refractivity contribution >= 4 is 16.0 Å². The Balaban J connectivity index is 1.90. The minimum Gasteiger partial charge on any atom is -0.493 e. The van der Waals surface area contributed by atoms with E-state index in [0.29, 0.717) is 13.0 Å². The lowest BCUT2D eigenvalue weighted by Gasteiger charge is -2.26. The molecule has 7 heteroatoms. The first-order chi connectivity index (χ1) is 9.98. The fourth-order valence-corrected chi connectivity index (χ4v) is 4.00. The first-order valence-electron chi connectivity index (χ1n) is 6.64. The molecule has 112 valence electrons. The Morgan fingerprint density at radius 2 is 2.19 bits per heavy atom. The highest BCUT2D eigenvalue weighted by Gasteiger charge is 2.31. The SMILES string of the molecule is O=C(O)C1C=CCN(S(=O)(=O)c2ccc3c(c2)CCO3)C1. The third kappa shape index (κ3) is 2.54. The van der Waals surface area contributed by atoms with E-state index in [1.54, 1.807) is 18.2 Å². The fourth-order valence-electron chi connectivity index (χ4n) is 2.53. The van der Waals surface area contributed by atoms with Crippen LogP contribution >= 0.6 is 0 Å². The number of hydrogen-bond acceptors (Lipinski definition) is 4. The van der Waals surface area contributed by atoms with Gasteiger partial charge in [-0.05, 0) is 23.8 Å². The van der Waals surface area contributed by atoms with Gasteiger partial charge in [0.15, 0.2) is 0 Å². The van der Waals surface area contributed by atoms with Crippen molar-refractivity contribution in [1.29, 1.82) is 0 Å². The molecule has 21 heavy (non-hydrogen) atoms. The number of sulfonamides is 1. The van der Waals surface area contributed by atoms with Crippen LogP contribution in [0, 0.1) is 5.92 Å². The lowest BCUT2D eigenvalue weighted by atomic mass is 10.1. The average Bonchev–Trinajstić information content (AvgIpc) is 2.94. The second-order valence-electron chi connectivity index (χ2n) is 5.06. The number of hydrogen-bond donors (Lipinski definition) is 1. The molecule has 1 aromatic rings. The number of carbonyl (C=O) groups is 1. The second-order valence-corrected chi connectivity index (χ2v) is 7.00. The number of carboxylic acid groups (broad SMARTS) is 1. The molecule has 2 heterocycles. The molecule has 1 aromatic carbocycles. The van der Waals surface area contributed by atoms with Crippen molar-refractivity contribution in [2.75, 3.05) is 19.7 Å². The third-order valence-electron chi connectivity index (χ3n) is 3.69. The molecule has 1 atom stereocenters.